The lowest BCUT2D eigenvalue weighted by Gasteiger charge is -2.29. The van der Waals surface area contributed by atoms with E-state index in [2.05, 4.69) is 22.7 Å². The lowest BCUT2D eigenvalue weighted by atomic mass is 9.95. The standard InChI is InChI=1S/C14H23N3O2S/c1-3-20-13-6-4-5-11(8-13)16-14(18)15-9-12-7-10(2)19-17-12/h7,11,13H,3-6,8-9H2,1-2H3,(H2,15,16,18)/t11-,13-/m1/s1. The molecule has 112 valence electrons. The minimum absolute atomic E-state index is 0.113. The van der Waals surface area contributed by atoms with E-state index < -0.39 is 0 Å². The number of carbonyl (C=O) groups excluding carboxylic acids is 1. The van der Waals surface area contributed by atoms with E-state index in [1.165, 1.54) is 12.8 Å². The smallest absolute Gasteiger partial charge is 0.315 e. The Morgan fingerprint density at radius 3 is 3.10 bits per heavy atom. The Morgan fingerprint density at radius 1 is 1.55 bits per heavy atom. The van der Waals surface area contributed by atoms with Crippen LogP contribution in [0.5, 0.6) is 0 Å². The third kappa shape index (κ3) is 4.74. The molecule has 6 heteroatoms. The van der Waals surface area contributed by atoms with E-state index in [4.69, 9.17) is 4.52 Å². The van der Waals surface area contributed by atoms with Crippen molar-refractivity contribution in [3.8, 4) is 0 Å². The predicted octanol–water partition coefficient (Wildman–Crippen LogP) is 2.85. The number of rotatable bonds is 5. The summed E-state index contributed by atoms with van der Waals surface area (Å²) in [6, 6.07) is 2.01. The van der Waals surface area contributed by atoms with Crippen LogP contribution in [0.25, 0.3) is 0 Å². The summed E-state index contributed by atoms with van der Waals surface area (Å²) in [5, 5.41) is 10.4. The van der Waals surface area contributed by atoms with Gasteiger partial charge in [0.1, 0.15) is 11.5 Å². The van der Waals surface area contributed by atoms with Crippen LogP contribution >= 0.6 is 11.8 Å². The highest BCUT2D eigenvalue weighted by Gasteiger charge is 2.23. The lowest BCUT2D eigenvalue weighted by molar-refractivity contribution is 0.232. The summed E-state index contributed by atoms with van der Waals surface area (Å²) in [6.07, 6.45) is 4.63. The van der Waals surface area contributed by atoms with Crippen LogP contribution in [-0.4, -0.2) is 28.2 Å². The summed E-state index contributed by atoms with van der Waals surface area (Å²) in [6.45, 7) is 4.43. The van der Waals surface area contributed by atoms with Gasteiger partial charge in [-0.15, -0.1) is 0 Å². The predicted molar refractivity (Wildman–Crippen MR) is 80.8 cm³/mol. The third-order valence-electron chi connectivity index (χ3n) is 3.47. The monoisotopic (exact) mass is 297 g/mol. The molecule has 20 heavy (non-hydrogen) atoms. The van der Waals surface area contributed by atoms with Gasteiger partial charge in [-0.2, -0.15) is 11.8 Å². The fourth-order valence-corrected chi connectivity index (χ4v) is 3.74. The third-order valence-corrected chi connectivity index (χ3v) is 4.70. The van der Waals surface area contributed by atoms with Gasteiger partial charge in [-0.05, 0) is 31.9 Å². The molecule has 2 rings (SSSR count). The average molecular weight is 297 g/mol. The van der Waals surface area contributed by atoms with Gasteiger partial charge in [-0.25, -0.2) is 4.79 Å². The zero-order chi connectivity index (χ0) is 14.4. The second-order valence-corrected chi connectivity index (χ2v) is 6.77. The van der Waals surface area contributed by atoms with Crippen molar-refractivity contribution in [1.82, 2.24) is 15.8 Å². The number of thioether (sulfide) groups is 1. The molecule has 0 saturated heterocycles. The van der Waals surface area contributed by atoms with Gasteiger partial charge < -0.3 is 15.2 Å². The Bertz CT molecular complexity index is 434. The molecule has 5 nitrogen and oxygen atoms in total. The molecule has 1 aliphatic rings. The first-order valence-corrected chi connectivity index (χ1v) is 8.30. The topological polar surface area (TPSA) is 67.2 Å². The van der Waals surface area contributed by atoms with Gasteiger partial charge in [0.15, 0.2) is 0 Å². The molecule has 0 radical (unpaired) electrons. The largest absolute Gasteiger partial charge is 0.361 e. The first kappa shape index (κ1) is 15.2. The molecule has 1 aromatic rings. The SMILES string of the molecule is CCS[C@@H]1CCC[C@@H](NC(=O)NCc2cc(C)on2)C1. The summed E-state index contributed by atoms with van der Waals surface area (Å²) in [5.74, 6) is 1.91. The van der Waals surface area contributed by atoms with Gasteiger partial charge in [0.2, 0.25) is 0 Å². The number of urea groups is 1. The van der Waals surface area contributed by atoms with Gasteiger partial charge in [-0.3, -0.25) is 0 Å². The molecule has 2 N–H and O–H groups in total. The summed E-state index contributed by atoms with van der Waals surface area (Å²) in [7, 11) is 0. The minimum atomic E-state index is -0.113. The quantitative estimate of drug-likeness (QED) is 0.877. The summed E-state index contributed by atoms with van der Waals surface area (Å²) < 4.78 is 4.96. The normalized spacial score (nSPS) is 22.5. The Morgan fingerprint density at radius 2 is 2.40 bits per heavy atom. The fraction of sp³-hybridized carbons (Fsp3) is 0.714. The highest BCUT2D eigenvalue weighted by atomic mass is 32.2. The number of hydrogen-bond donors (Lipinski definition) is 2. The number of amides is 2. The highest BCUT2D eigenvalue weighted by molar-refractivity contribution is 7.99. The van der Waals surface area contributed by atoms with Crippen molar-refractivity contribution in [2.45, 2.75) is 57.4 Å². The van der Waals surface area contributed by atoms with Gasteiger partial charge >= 0.3 is 6.03 Å². The summed E-state index contributed by atoms with van der Waals surface area (Å²) in [5.41, 5.74) is 0.751. The average Bonchev–Trinajstić information content (AvgIpc) is 2.83. The molecular weight excluding hydrogens is 274 g/mol. The van der Waals surface area contributed by atoms with Gasteiger partial charge in [0.05, 0.1) is 6.54 Å². The first-order valence-electron chi connectivity index (χ1n) is 7.25. The second-order valence-electron chi connectivity index (χ2n) is 5.20. The van der Waals surface area contributed by atoms with Crippen LogP contribution in [0.1, 0.15) is 44.1 Å². The molecule has 2 atom stereocenters. The van der Waals surface area contributed by atoms with Crippen molar-refractivity contribution in [2.75, 3.05) is 5.75 Å². The van der Waals surface area contributed by atoms with E-state index >= 15 is 0 Å². The lowest BCUT2D eigenvalue weighted by Crippen LogP contribution is -2.44. The first-order chi connectivity index (χ1) is 9.67. The zero-order valence-electron chi connectivity index (χ0n) is 12.1. The Balaban J connectivity index is 1.71. The number of nitrogens with zero attached hydrogens (tertiary/aromatic N) is 1. The van der Waals surface area contributed by atoms with Gasteiger partial charge in [-0.1, -0.05) is 18.5 Å². The molecule has 0 bridgehead atoms. The molecule has 1 saturated carbocycles. The van der Waals surface area contributed by atoms with E-state index in [1.807, 2.05) is 24.8 Å². The van der Waals surface area contributed by atoms with Crippen LogP contribution < -0.4 is 10.6 Å². The number of nitrogens with one attached hydrogen (secondary N) is 2. The van der Waals surface area contributed by atoms with Crippen LogP contribution in [-0.2, 0) is 6.54 Å². The maximum Gasteiger partial charge on any atom is 0.315 e. The summed E-state index contributed by atoms with van der Waals surface area (Å²) >= 11 is 2.00. The molecule has 2 amide bonds. The Kier molecular flexibility index (Phi) is 5.76. The maximum atomic E-state index is 11.9. The molecule has 0 unspecified atom stereocenters. The molecule has 0 aliphatic heterocycles. The molecular formula is C14H23N3O2S. The van der Waals surface area contributed by atoms with E-state index in [1.54, 1.807) is 0 Å². The van der Waals surface area contributed by atoms with Crippen molar-refractivity contribution in [3.63, 3.8) is 0 Å². The molecule has 1 heterocycles. The van der Waals surface area contributed by atoms with Crippen LogP contribution in [0, 0.1) is 6.92 Å². The van der Waals surface area contributed by atoms with Crippen LogP contribution in [0.3, 0.4) is 0 Å². The molecule has 1 fully saturated rings. The molecule has 1 aromatic heterocycles. The highest BCUT2D eigenvalue weighted by Crippen LogP contribution is 2.28. The van der Waals surface area contributed by atoms with E-state index in [9.17, 15) is 4.79 Å². The van der Waals surface area contributed by atoms with Crippen molar-refractivity contribution in [2.24, 2.45) is 0 Å². The van der Waals surface area contributed by atoms with Crippen LogP contribution in [0.2, 0.25) is 0 Å². The van der Waals surface area contributed by atoms with Gasteiger partial charge in [0, 0.05) is 17.4 Å². The van der Waals surface area contributed by atoms with Gasteiger partial charge in [0.25, 0.3) is 0 Å². The van der Waals surface area contributed by atoms with E-state index in [0.29, 0.717) is 17.8 Å². The number of aromatic nitrogens is 1. The number of carbonyl (C=O) groups is 1. The van der Waals surface area contributed by atoms with Crippen molar-refractivity contribution >= 4 is 17.8 Å². The number of hydrogen-bond acceptors (Lipinski definition) is 4. The Labute approximate surface area is 124 Å². The zero-order valence-corrected chi connectivity index (χ0v) is 13.0. The maximum absolute atomic E-state index is 11.9. The van der Waals surface area contributed by atoms with E-state index in [-0.39, 0.29) is 6.03 Å². The molecule has 0 aromatic carbocycles. The van der Waals surface area contributed by atoms with Crippen molar-refractivity contribution in [3.05, 3.63) is 17.5 Å². The second kappa shape index (κ2) is 7.57. The fourth-order valence-electron chi connectivity index (χ4n) is 2.57. The van der Waals surface area contributed by atoms with Crippen molar-refractivity contribution in [1.29, 1.82) is 0 Å². The number of aryl methyl sites for hydroxylation is 1. The molecule has 1 aliphatic carbocycles. The van der Waals surface area contributed by atoms with E-state index in [0.717, 1.165) is 30.0 Å². The van der Waals surface area contributed by atoms with Crippen molar-refractivity contribution < 1.29 is 9.32 Å². The molecule has 0 spiro atoms. The Hall–Kier alpha value is -1.17. The van der Waals surface area contributed by atoms with Crippen LogP contribution in [0.4, 0.5) is 4.79 Å². The van der Waals surface area contributed by atoms with Crippen LogP contribution in [0.15, 0.2) is 10.6 Å². The minimum Gasteiger partial charge on any atom is -0.361 e. The summed E-state index contributed by atoms with van der Waals surface area (Å²) in [4.78, 5) is 11.9.